The Hall–Kier alpha value is -1.37. The highest BCUT2D eigenvalue weighted by Gasteiger charge is 2.14. The molecule has 0 radical (unpaired) electrons. The first-order valence-electron chi connectivity index (χ1n) is 4.30. The minimum atomic E-state index is -0.649. The molecule has 0 fully saturated rings. The van der Waals surface area contributed by atoms with Crippen molar-refractivity contribution < 1.29 is 5.11 Å². The second-order valence-corrected chi connectivity index (χ2v) is 3.95. The van der Waals surface area contributed by atoms with Gasteiger partial charge in [0.25, 0.3) is 0 Å². The first kappa shape index (κ1) is 9.20. The van der Waals surface area contributed by atoms with Crippen LogP contribution in [0.1, 0.15) is 11.7 Å². The lowest BCUT2D eigenvalue weighted by atomic mass is 10.1. The number of aliphatic hydroxyl groups excluding tert-OH is 1. The predicted molar refractivity (Wildman–Crippen MR) is 58.3 cm³/mol. The molecular formula is C11H9NOS. The topological polar surface area (TPSA) is 24.6 Å². The number of aliphatic hydroxyl groups is 1. The van der Waals surface area contributed by atoms with Crippen LogP contribution < -0.4 is 0 Å². The van der Waals surface area contributed by atoms with Gasteiger partial charge in [-0.05, 0) is 16.8 Å². The molecule has 2 nitrogen and oxygen atoms in total. The van der Waals surface area contributed by atoms with Crippen LogP contribution in [0.15, 0.2) is 29.6 Å². The molecule has 0 amide bonds. The molecule has 0 saturated heterocycles. The number of fused-ring (bicyclic) bond motifs is 1. The number of benzene rings is 1. The Morgan fingerprint density at radius 2 is 2.21 bits per heavy atom. The second kappa shape index (κ2) is 3.79. The minimum Gasteiger partial charge on any atom is -0.381 e. The largest absolute Gasteiger partial charge is 0.381 e. The van der Waals surface area contributed by atoms with E-state index in [2.05, 4.69) is 4.85 Å². The number of thiophene rings is 1. The van der Waals surface area contributed by atoms with Gasteiger partial charge >= 0.3 is 0 Å². The first-order valence-corrected chi connectivity index (χ1v) is 5.18. The highest BCUT2D eigenvalue weighted by molar-refractivity contribution is 7.17. The third-order valence-corrected chi connectivity index (χ3v) is 3.12. The van der Waals surface area contributed by atoms with Crippen molar-refractivity contribution in [1.82, 2.24) is 0 Å². The summed E-state index contributed by atoms with van der Waals surface area (Å²) in [6, 6.07) is 7.93. The van der Waals surface area contributed by atoms with Crippen LogP contribution >= 0.6 is 11.3 Å². The Labute approximate surface area is 86.2 Å². The van der Waals surface area contributed by atoms with Gasteiger partial charge < -0.3 is 9.95 Å². The average molecular weight is 203 g/mol. The molecule has 14 heavy (non-hydrogen) atoms. The Morgan fingerprint density at radius 1 is 1.43 bits per heavy atom. The summed E-state index contributed by atoms with van der Waals surface area (Å²) in [7, 11) is 0. The fourth-order valence-corrected chi connectivity index (χ4v) is 2.45. The van der Waals surface area contributed by atoms with Crippen molar-refractivity contribution in [2.75, 3.05) is 6.54 Å². The van der Waals surface area contributed by atoms with Gasteiger partial charge in [0, 0.05) is 10.3 Å². The molecule has 2 aromatic rings. The molecular weight excluding hydrogens is 194 g/mol. The van der Waals surface area contributed by atoms with E-state index in [1.807, 2.05) is 29.6 Å². The van der Waals surface area contributed by atoms with E-state index in [4.69, 9.17) is 6.57 Å². The molecule has 0 aliphatic heterocycles. The summed E-state index contributed by atoms with van der Waals surface area (Å²) < 4.78 is 1.16. The van der Waals surface area contributed by atoms with Crippen LogP contribution in [0.3, 0.4) is 0 Å². The average Bonchev–Trinajstić information content (AvgIpc) is 2.61. The van der Waals surface area contributed by atoms with Gasteiger partial charge in [-0.1, -0.05) is 18.2 Å². The van der Waals surface area contributed by atoms with Crippen LogP contribution in [0.5, 0.6) is 0 Å². The summed E-state index contributed by atoms with van der Waals surface area (Å²) in [6.07, 6.45) is -0.649. The quantitative estimate of drug-likeness (QED) is 0.746. The Morgan fingerprint density at radius 3 is 3.00 bits per heavy atom. The molecule has 0 bridgehead atoms. The lowest BCUT2D eigenvalue weighted by Crippen LogP contribution is -1.98. The molecule has 1 N–H and O–H groups in total. The first-order chi connectivity index (χ1) is 6.83. The van der Waals surface area contributed by atoms with Crippen molar-refractivity contribution in [2.24, 2.45) is 0 Å². The fraction of sp³-hybridized carbons (Fsp3) is 0.182. The maximum Gasteiger partial charge on any atom is 0.244 e. The molecule has 0 saturated carbocycles. The van der Waals surface area contributed by atoms with E-state index in [9.17, 15) is 5.11 Å². The molecule has 0 spiro atoms. The van der Waals surface area contributed by atoms with E-state index in [-0.39, 0.29) is 6.54 Å². The number of hydrogen-bond acceptors (Lipinski definition) is 2. The monoisotopic (exact) mass is 203 g/mol. The van der Waals surface area contributed by atoms with E-state index in [1.165, 1.54) is 0 Å². The second-order valence-electron chi connectivity index (χ2n) is 3.04. The van der Waals surface area contributed by atoms with Gasteiger partial charge in [0.2, 0.25) is 6.54 Å². The van der Waals surface area contributed by atoms with Crippen molar-refractivity contribution >= 4 is 21.4 Å². The van der Waals surface area contributed by atoms with Gasteiger partial charge in [-0.3, -0.25) is 0 Å². The summed E-state index contributed by atoms with van der Waals surface area (Å²) in [5, 5.41) is 12.7. The zero-order valence-corrected chi connectivity index (χ0v) is 8.29. The van der Waals surface area contributed by atoms with Crippen molar-refractivity contribution in [3.05, 3.63) is 46.6 Å². The molecule has 0 aliphatic carbocycles. The summed E-state index contributed by atoms with van der Waals surface area (Å²) in [5.41, 5.74) is 0.876. The maximum atomic E-state index is 9.70. The third kappa shape index (κ3) is 1.50. The zero-order chi connectivity index (χ0) is 9.97. The van der Waals surface area contributed by atoms with Crippen LogP contribution in [0, 0.1) is 6.57 Å². The van der Waals surface area contributed by atoms with E-state index in [1.54, 1.807) is 11.3 Å². The van der Waals surface area contributed by atoms with Crippen LogP contribution in [-0.4, -0.2) is 11.7 Å². The fourth-order valence-electron chi connectivity index (χ4n) is 1.44. The Bertz CT molecular complexity index is 483. The molecule has 1 unspecified atom stereocenters. The smallest absolute Gasteiger partial charge is 0.244 e. The molecule has 70 valence electrons. The van der Waals surface area contributed by atoms with Crippen molar-refractivity contribution in [3.8, 4) is 0 Å². The molecule has 1 aromatic heterocycles. The SMILES string of the molecule is [C-]#[N+]CC(O)c1csc2ccccc12. The highest BCUT2D eigenvalue weighted by atomic mass is 32.1. The maximum absolute atomic E-state index is 9.70. The van der Waals surface area contributed by atoms with E-state index >= 15 is 0 Å². The van der Waals surface area contributed by atoms with Crippen LogP contribution in [0.25, 0.3) is 14.9 Å². The standard InChI is InChI=1S/C11H9NOS/c1-12-6-10(13)9-7-14-11-5-3-2-4-8(9)11/h2-5,7,10,13H,6H2. The number of hydrogen-bond donors (Lipinski definition) is 1. The molecule has 1 heterocycles. The van der Waals surface area contributed by atoms with Crippen molar-refractivity contribution in [1.29, 1.82) is 0 Å². The normalized spacial score (nSPS) is 12.6. The van der Waals surface area contributed by atoms with Gasteiger partial charge in [0.1, 0.15) is 0 Å². The zero-order valence-electron chi connectivity index (χ0n) is 7.47. The van der Waals surface area contributed by atoms with Crippen molar-refractivity contribution in [2.45, 2.75) is 6.10 Å². The summed E-state index contributed by atoms with van der Waals surface area (Å²) in [4.78, 5) is 3.20. The predicted octanol–water partition coefficient (Wildman–Crippen LogP) is 2.85. The van der Waals surface area contributed by atoms with Crippen molar-refractivity contribution in [3.63, 3.8) is 0 Å². The molecule has 1 atom stereocenters. The summed E-state index contributed by atoms with van der Waals surface area (Å²) in [6.45, 7) is 6.85. The van der Waals surface area contributed by atoms with Crippen LogP contribution in [-0.2, 0) is 0 Å². The van der Waals surface area contributed by atoms with Gasteiger partial charge in [0.15, 0.2) is 6.10 Å². The minimum absolute atomic E-state index is 0.140. The lowest BCUT2D eigenvalue weighted by Gasteiger charge is -2.01. The Balaban J connectivity index is 2.48. The third-order valence-electron chi connectivity index (χ3n) is 2.13. The van der Waals surface area contributed by atoms with Gasteiger partial charge in [-0.25, -0.2) is 6.57 Å². The molecule has 2 rings (SSSR count). The highest BCUT2D eigenvalue weighted by Crippen LogP contribution is 2.30. The van der Waals surface area contributed by atoms with E-state index in [0.717, 1.165) is 15.6 Å². The lowest BCUT2D eigenvalue weighted by molar-refractivity contribution is 0.197. The molecule has 3 heteroatoms. The van der Waals surface area contributed by atoms with Crippen LogP contribution in [0.4, 0.5) is 0 Å². The summed E-state index contributed by atoms with van der Waals surface area (Å²) >= 11 is 1.61. The number of rotatable bonds is 2. The van der Waals surface area contributed by atoms with Gasteiger partial charge in [-0.2, -0.15) is 0 Å². The number of nitrogens with zero attached hydrogens (tertiary/aromatic N) is 1. The molecule has 1 aromatic carbocycles. The van der Waals surface area contributed by atoms with E-state index < -0.39 is 6.10 Å². The van der Waals surface area contributed by atoms with E-state index in [0.29, 0.717) is 0 Å². The Kier molecular flexibility index (Phi) is 2.49. The molecule has 0 aliphatic rings. The van der Waals surface area contributed by atoms with Gasteiger partial charge in [-0.15, -0.1) is 11.3 Å². The van der Waals surface area contributed by atoms with Crippen LogP contribution in [0.2, 0.25) is 0 Å². The summed E-state index contributed by atoms with van der Waals surface area (Å²) in [5.74, 6) is 0. The van der Waals surface area contributed by atoms with Gasteiger partial charge in [0.05, 0.1) is 0 Å².